The minimum absolute atomic E-state index is 0.346. The molecule has 0 aromatic heterocycles. The van der Waals surface area contributed by atoms with E-state index < -0.39 is 0 Å². The lowest BCUT2D eigenvalue weighted by atomic mass is 9.99. The first-order chi connectivity index (χ1) is 21.1. The summed E-state index contributed by atoms with van der Waals surface area (Å²) in [5, 5.41) is 30.4. The lowest BCUT2D eigenvalue weighted by Crippen LogP contribution is -2.10. The molecule has 43 heavy (non-hydrogen) atoms. The number of hydrogen-bond donors (Lipinski definition) is 0. The fourth-order valence-electron chi connectivity index (χ4n) is 5.25. The average Bonchev–Trinajstić information content (AvgIpc) is 3.08. The molecule has 6 aromatic rings. The standard InChI is InChI=1S/C38H21N5/c1-42-33-15-8-26(9-16-33)27-10-17-34(18-11-27)43(38-21-14-31(24-40)36-4-2-3-5-37(36)38)35-19-12-28(13-20-35)29-6-7-30(23-39)32(22-29)25-41/h2-22H. The minimum Gasteiger partial charge on any atom is -0.310 e. The second-order valence-corrected chi connectivity index (χ2v) is 9.86. The van der Waals surface area contributed by atoms with Crippen molar-refractivity contribution in [1.29, 1.82) is 15.8 Å². The summed E-state index contributed by atoms with van der Waals surface area (Å²) in [4.78, 5) is 5.65. The zero-order valence-corrected chi connectivity index (χ0v) is 22.9. The number of nitriles is 3. The molecule has 0 amide bonds. The summed E-state index contributed by atoms with van der Waals surface area (Å²) in [6.45, 7) is 7.21. The van der Waals surface area contributed by atoms with E-state index in [1.807, 2.05) is 91.0 Å². The Morgan fingerprint density at radius 1 is 0.488 bits per heavy atom. The van der Waals surface area contributed by atoms with Gasteiger partial charge in [0.2, 0.25) is 0 Å². The Morgan fingerprint density at radius 2 is 0.977 bits per heavy atom. The molecule has 0 saturated carbocycles. The predicted octanol–water partition coefficient (Wildman–Crippen LogP) is 9.81. The van der Waals surface area contributed by atoms with Gasteiger partial charge in [0.1, 0.15) is 12.1 Å². The maximum absolute atomic E-state index is 9.76. The highest BCUT2D eigenvalue weighted by Gasteiger charge is 2.17. The van der Waals surface area contributed by atoms with Crippen molar-refractivity contribution in [3.63, 3.8) is 0 Å². The first-order valence-electron chi connectivity index (χ1n) is 13.5. The van der Waals surface area contributed by atoms with Crippen LogP contribution in [-0.2, 0) is 0 Å². The summed E-state index contributed by atoms with van der Waals surface area (Å²) >= 11 is 0. The zero-order valence-electron chi connectivity index (χ0n) is 22.9. The summed E-state index contributed by atoms with van der Waals surface area (Å²) < 4.78 is 0. The van der Waals surface area contributed by atoms with E-state index >= 15 is 0 Å². The number of fused-ring (bicyclic) bond motifs is 1. The third kappa shape index (κ3) is 5.03. The molecule has 0 radical (unpaired) electrons. The lowest BCUT2D eigenvalue weighted by molar-refractivity contribution is 1.30. The number of anilines is 3. The fourth-order valence-corrected chi connectivity index (χ4v) is 5.25. The van der Waals surface area contributed by atoms with Gasteiger partial charge >= 0.3 is 0 Å². The maximum atomic E-state index is 9.76. The van der Waals surface area contributed by atoms with Gasteiger partial charge in [0, 0.05) is 22.1 Å². The lowest BCUT2D eigenvalue weighted by Gasteiger charge is -2.27. The molecule has 0 aliphatic rings. The van der Waals surface area contributed by atoms with Gasteiger partial charge < -0.3 is 4.90 Å². The SMILES string of the molecule is [C-]#[N+]c1ccc(-c2ccc(N(c3ccc(-c4ccc(C#N)c(C#N)c4)cc3)c3ccc(C#N)c4ccccc34)cc2)cc1. The molecule has 5 heteroatoms. The highest BCUT2D eigenvalue weighted by atomic mass is 15.1. The van der Waals surface area contributed by atoms with Gasteiger partial charge in [-0.15, -0.1) is 0 Å². The van der Waals surface area contributed by atoms with Crippen LogP contribution in [0.25, 0.3) is 37.9 Å². The molecule has 6 aromatic carbocycles. The monoisotopic (exact) mass is 547 g/mol. The Labute approximate surface area is 249 Å². The Morgan fingerprint density at radius 3 is 1.53 bits per heavy atom. The van der Waals surface area contributed by atoms with Gasteiger partial charge in [-0.25, -0.2) is 4.85 Å². The van der Waals surface area contributed by atoms with Gasteiger partial charge in [0.05, 0.1) is 35.0 Å². The van der Waals surface area contributed by atoms with Gasteiger partial charge in [-0.2, -0.15) is 15.8 Å². The van der Waals surface area contributed by atoms with Gasteiger partial charge in [0.15, 0.2) is 5.69 Å². The molecule has 0 N–H and O–H groups in total. The minimum atomic E-state index is 0.346. The van der Waals surface area contributed by atoms with Crippen LogP contribution in [0.15, 0.2) is 127 Å². The van der Waals surface area contributed by atoms with E-state index in [1.54, 1.807) is 12.1 Å². The van der Waals surface area contributed by atoms with E-state index in [9.17, 15) is 15.8 Å². The van der Waals surface area contributed by atoms with Crippen LogP contribution < -0.4 is 4.90 Å². The normalized spacial score (nSPS) is 10.2. The van der Waals surface area contributed by atoms with Gasteiger partial charge in [0.25, 0.3) is 0 Å². The van der Waals surface area contributed by atoms with E-state index in [-0.39, 0.29) is 0 Å². The molecule has 198 valence electrons. The highest BCUT2D eigenvalue weighted by molar-refractivity contribution is 6.01. The van der Waals surface area contributed by atoms with E-state index in [0.717, 1.165) is 50.1 Å². The molecular formula is C38H21N5. The van der Waals surface area contributed by atoms with Crippen molar-refractivity contribution in [2.75, 3.05) is 4.90 Å². The van der Waals surface area contributed by atoms with E-state index in [1.165, 1.54) is 0 Å². The first kappa shape index (κ1) is 26.6. The molecule has 0 bridgehead atoms. The average molecular weight is 548 g/mol. The second-order valence-electron chi connectivity index (χ2n) is 9.86. The Balaban J connectivity index is 1.46. The maximum Gasteiger partial charge on any atom is 0.187 e. The summed E-state index contributed by atoms with van der Waals surface area (Å²) in [6, 6.07) is 47.4. The Bertz CT molecular complexity index is 2150. The summed E-state index contributed by atoms with van der Waals surface area (Å²) in [6.07, 6.45) is 0. The molecule has 0 saturated heterocycles. The van der Waals surface area contributed by atoms with Crippen molar-refractivity contribution < 1.29 is 0 Å². The molecule has 0 heterocycles. The topological polar surface area (TPSA) is 79.0 Å². The van der Waals surface area contributed by atoms with Crippen LogP contribution in [0.2, 0.25) is 0 Å². The number of rotatable bonds is 5. The molecule has 0 spiro atoms. The van der Waals surface area contributed by atoms with Crippen molar-refractivity contribution in [3.8, 4) is 40.5 Å². The van der Waals surface area contributed by atoms with Crippen LogP contribution in [-0.4, -0.2) is 0 Å². The second kappa shape index (κ2) is 11.4. The van der Waals surface area contributed by atoms with Crippen molar-refractivity contribution in [1.82, 2.24) is 0 Å². The molecule has 6 rings (SSSR count). The largest absolute Gasteiger partial charge is 0.310 e. The van der Waals surface area contributed by atoms with Crippen molar-refractivity contribution in [2.45, 2.75) is 0 Å². The predicted molar refractivity (Wildman–Crippen MR) is 170 cm³/mol. The highest BCUT2D eigenvalue weighted by Crippen LogP contribution is 2.41. The van der Waals surface area contributed by atoms with Crippen LogP contribution in [0.1, 0.15) is 16.7 Å². The van der Waals surface area contributed by atoms with E-state index in [2.05, 4.69) is 52.2 Å². The Kier molecular flexibility index (Phi) is 7.07. The third-order valence-corrected chi connectivity index (χ3v) is 7.44. The summed E-state index contributed by atoms with van der Waals surface area (Å²) in [5.74, 6) is 0. The van der Waals surface area contributed by atoms with Crippen LogP contribution in [0.3, 0.4) is 0 Å². The molecule has 0 aliphatic carbocycles. The van der Waals surface area contributed by atoms with E-state index in [4.69, 9.17) is 6.57 Å². The molecule has 5 nitrogen and oxygen atoms in total. The molecular weight excluding hydrogens is 526 g/mol. The number of benzene rings is 6. The van der Waals surface area contributed by atoms with Gasteiger partial charge in [-0.1, -0.05) is 78.9 Å². The van der Waals surface area contributed by atoms with Crippen molar-refractivity contribution in [2.24, 2.45) is 0 Å². The number of nitrogens with zero attached hydrogens (tertiary/aromatic N) is 5. The first-order valence-corrected chi connectivity index (χ1v) is 13.5. The van der Waals surface area contributed by atoms with Crippen LogP contribution in [0.5, 0.6) is 0 Å². The Hall–Kier alpha value is -6.66. The van der Waals surface area contributed by atoms with Crippen LogP contribution >= 0.6 is 0 Å². The van der Waals surface area contributed by atoms with Crippen molar-refractivity contribution >= 4 is 33.5 Å². The zero-order chi connectivity index (χ0) is 29.8. The quantitative estimate of drug-likeness (QED) is 0.201. The summed E-state index contributed by atoms with van der Waals surface area (Å²) in [5.41, 5.74) is 8.55. The van der Waals surface area contributed by atoms with Crippen molar-refractivity contribution in [3.05, 3.63) is 156 Å². The van der Waals surface area contributed by atoms with Gasteiger partial charge in [-0.3, -0.25) is 0 Å². The molecule has 0 unspecified atom stereocenters. The van der Waals surface area contributed by atoms with E-state index in [0.29, 0.717) is 22.4 Å². The van der Waals surface area contributed by atoms with Crippen LogP contribution in [0.4, 0.5) is 22.7 Å². The third-order valence-electron chi connectivity index (χ3n) is 7.44. The smallest absolute Gasteiger partial charge is 0.187 e. The van der Waals surface area contributed by atoms with Crippen LogP contribution in [0, 0.1) is 40.6 Å². The molecule has 0 aliphatic heterocycles. The number of hydrogen-bond acceptors (Lipinski definition) is 4. The van der Waals surface area contributed by atoms with Gasteiger partial charge in [-0.05, 0) is 70.8 Å². The molecule has 0 atom stereocenters. The summed E-state index contributed by atoms with van der Waals surface area (Å²) in [7, 11) is 0. The molecule has 0 fully saturated rings. The fraction of sp³-hybridized carbons (Fsp3) is 0.